The number of benzene rings is 2. The van der Waals surface area contributed by atoms with Crippen LogP contribution in [0.15, 0.2) is 64.3 Å². The Bertz CT molecular complexity index is 898. The van der Waals surface area contributed by atoms with Gasteiger partial charge in [0.15, 0.2) is 5.11 Å². The zero-order valence-corrected chi connectivity index (χ0v) is 16.7. The molecule has 5 nitrogen and oxygen atoms in total. The SMILES string of the molecule is COc1cccc(NC(=O)C2=C(C)NC(=S)NC2c2ccccc2Br)c1. The number of halogens is 1. The Morgan fingerprint density at radius 1 is 1.23 bits per heavy atom. The molecular weight excluding hydrogens is 414 g/mol. The molecule has 0 spiro atoms. The number of allylic oxidation sites excluding steroid dienone is 1. The molecule has 1 heterocycles. The Morgan fingerprint density at radius 3 is 2.73 bits per heavy atom. The number of hydrogen-bond acceptors (Lipinski definition) is 3. The predicted molar refractivity (Wildman–Crippen MR) is 110 cm³/mol. The van der Waals surface area contributed by atoms with Crippen LogP contribution in [0, 0.1) is 0 Å². The van der Waals surface area contributed by atoms with Crippen LogP contribution in [-0.4, -0.2) is 18.1 Å². The molecule has 134 valence electrons. The third kappa shape index (κ3) is 3.89. The Labute approximate surface area is 165 Å². The molecule has 1 aliphatic rings. The van der Waals surface area contributed by atoms with Crippen molar-refractivity contribution >= 4 is 44.9 Å². The first-order valence-electron chi connectivity index (χ1n) is 7.97. The van der Waals surface area contributed by atoms with Gasteiger partial charge >= 0.3 is 0 Å². The lowest BCUT2D eigenvalue weighted by Gasteiger charge is -2.31. The number of methoxy groups -OCH3 is 1. The number of anilines is 1. The highest BCUT2D eigenvalue weighted by Crippen LogP contribution is 2.32. The highest BCUT2D eigenvalue weighted by molar-refractivity contribution is 9.10. The summed E-state index contributed by atoms with van der Waals surface area (Å²) >= 11 is 8.84. The van der Waals surface area contributed by atoms with E-state index < -0.39 is 0 Å². The molecule has 2 aromatic rings. The molecule has 26 heavy (non-hydrogen) atoms. The highest BCUT2D eigenvalue weighted by Gasteiger charge is 2.31. The average molecular weight is 432 g/mol. The van der Waals surface area contributed by atoms with E-state index in [0.29, 0.717) is 22.1 Å². The first-order valence-corrected chi connectivity index (χ1v) is 9.18. The van der Waals surface area contributed by atoms with Crippen molar-refractivity contribution in [3.8, 4) is 5.75 Å². The van der Waals surface area contributed by atoms with E-state index in [1.54, 1.807) is 13.2 Å². The minimum atomic E-state index is -0.357. The lowest BCUT2D eigenvalue weighted by molar-refractivity contribution is -0.113. The third-order valence-electron chi connectivity index (χ3n) is 4.06. The number of rotatable bonds is 4. The molecule has 0 aliphatic carbocycles. The summed E-state index contributed by atoms with van der Waals surface area (Å²) in [6, 6.07) is 14.6. The zero-order valence-electron chi connectivity index (χ0n) is 14.3. The number of ether oxygens (including phenoxy) is 1. The first kappa shape index (κ1) is 18.4. The van der Waals surface area contributed by atoms with Gasteiger partial charge in [-0.2, -0.15) is 0 Å². The smallest absolute Gasteiger partial charge is 0.255 e. The van der Waals surface area contributed by atoms with Crippen LogP contribution in [0.25, 0.3) is 0 Å². The van der Waals surface area contributed by atoms with Crippen molar-refractivity contribution in [1.29, 1.82) is 0 Å². The molecular formula is C19H18BrN3O2S. The Hall–Kier alpha value is -2.38. The molecule has 1 unspecified atom stereocenters. The molecule has 3 N–H and O–H groups in total. The molecule has 0 saturated carbocycles. The van der Waals surface area contributed by atoms with Crippen molar-refractivity contribution in [1.82, 2.24) is 10.6 Å². The lowest BCUT2D eigenvalue weighted by atomic mass is 9.95. The average Bonchev–Trinajstić information content (AvgIpc) is 2.61. The Kier molecular flexibility index (Phi) is 5.58. The maximum absolute atomic E-state index is 13.0. The van der Waals surface area contributed by atoms with E-state index in [1.165, 1.54) is 0 Å². The van der Waals surface area contributed by atoms with Gasteiger partial charge in [-0.15, -0.1) is 0 Å². The van der Waals surface area contributed by atoms with Gasteiger partial charge in [0.1, 0.15) is 5.75 Å². The van der Waals surface area contributed by atoms with Crippen LogP contribution in [0.1, 0.15) is 18.5 Å². The Balaban J connectivity index is 1.95. The van der Waals surface area contributed by atoms with Gasteiger partial charge in [0.2, 0.25) is 0 Å². The fraction of sp³-hybridized carbons (Fsp3) is 0.158. The largest absolute Gasteiger partial charge is 0.497 e. The molecule has 2 aromatic carbocycles. The van der Waals surface area contributed by atoms with Crippen LogP contribution in [0.3, 0.4) is 0 Å². The molecule has 0 aromatic heterocycles. The van der Waals surface area contributed by atoms with Gasteiger partial charge in [-0.1, -0.05) is 40.2 Å². The predicted octanol–water partition coefficient (Wildman–Crippen LogP) is 3.89. The minimum absolute atomic E-state index is 0.209. The van der Waals surface area contributed by atoms with Gasteiger partial charge in [0.05, 0.1) is 18.7 Å². The van der Waals surface area contributed by atoms with Crippen molar-refractivity contribution in [2.75, 3.05) is 12.4 Å². The summed E-state index contributed by atoms with van der Waals surface area (Å²) in [5, 5.41) is 9.65. The van der Waals surface area contributed by atoms with Gasteiger partial charge in [0.25, 0.3) is 5.91 Å². The van der Waals surface area contributed by atoms with Crippen molar-refractivity contribution in [2.45, 2.75) is 13.0 Å². The van der Waals surface area contributed by atoms with Crippen molar-refractivity contribution in [3.63, 3.8) is 0 Å². The number of carbonyl (C=O) groups is 1. The fourth-order valence-electron chi connectivity index (χ4n) is 2.84. The monoisotopic (exact) mass is 431 g/mol. The van der Waals surface area contributed by atoms with Gasteiger partial charge in [-0.3, -0.25) is 4.79 Å². The topological polar surface area (TPSA) is 62.4 Å². The molecule has 1 amide bonds. The first-order chi connectivity index (χ1) is 12.5. The summed E-state index contributed by atoms with van der Waals surface area (Å²) in [6.07, 6.45) is 0. The maximum Gasteiger partial charge on any atom is 0.255 e. The minimum Gasteiger partial charge on any atom is -0.497 e. The zero-order chi connectivity index (χ0) is 18.7. The van der Waals surface area contributed by atoms with Crippen LogP contribution >= 0.6 is 28.1 Å². The molecule has 0 saturated heterocycles. The molecule has 0 bridgehead atoms. The molecule has 1 atom stereocenters. The van der Waals surface area contributed by atoms with E-state index in [-0.39, 0.29) is 11.9 Å². The summed E-state index contributed by atoms with van der Waals surface area (Å²) in [7, 11) is 1.59. The molecule has 0 radical (unpaired) electrons. The van der Waals surface area contributed by atoms with E-state index in [4.69, 9.17) is 17.0 Å². The summed E-state index contributed by atoms with van der Waals surface area (Å²) < 4.78 is 6.12. The summed E-state index contributed by atoms with van der Waals surface area (Å²) in [6.45, 7) is 1.84. The fourth-order valence-corrected chi connectivity index (χ4v) is 3.62. The number of carbonyl (C=O) groups excluding carboxylic acids is 1. The van der Waals surface area contributed by atoms with Gasteiger partial charge in [-0.05, 0) is 42.9 Å². The van der Waals surface area contributed by atoms with E-state index in [0.717, 1.165) is 15.7 Å². The summed E-state index contributed by atoms with van der Waals surface area (Å²) in [5.74, 6) is 0.468. The summed E-state index contributed by atoms with van der Waals surface area (Å²) in [4.78, 5) is 13.0. The molecule has 3 rings (SSSR count). The van der Waals surface area contributed by atoms with E-state index in [1.807, 2.05) is 49.4 Å². The number of amides is 1. The quantitative estimate of drug-likeness (QED) is 0.640. The van der Waals surface area contributed by atoms with Crippen LogP contribution in [0.5, 0.6) is 5.75 Å². The lowest BCUT2D eigenvalue weighted by Crippen LogP contribution is -2.45. The van der Waals surface area contributed by atoms with E-state index in [2.05, 4.69) is 31.9 Å². The summed E-state index contributed by atoms with van der Waals surface area (Å²) in [5.41, 5.74) is 2.89. The number of hydrogen-bond donors (Lipinski definition) is 3. The molecule has 1 aliphatic heterocycles. The van der Waals surface area contributed by atoms with Gasteiger partial charge in [0, 0.05) is 21.9 Å². The van der Waals surface area contributed by atoms with Crippen LogP contribution in [0.2, 0.25) is 0 Å². The van der Waals surface area contributed by atoms with E-state index >= 15 is 0 Å². The third-order valence-corrected chi connectivity index (χ3v) is 5.00. The van der Waals surface area contributed by atoms with Gasteiger partial charge < -0.3 is 20.7 Å². The normalized spacial score (nSPS) is 16.6. The Morgan fingerprint density at radius 2 is 2.00 bits per heavy atom. The van der Waals surface area contributed by atoms with Crippen LogP contribution < -0.4 is 20.7 Å². The van der Waals surface area contributed by atoms with Crippen molar-refractivity contribution in [3.05, 3.63) is 69.8 Å². The van der Waals surface area contributed by atoms with E-state index in [9.17, 15) is 4.79 Å². The molecule has 0 fully saturated rings. The second-order valence-corrected chi connectivity index (χ2v) is 7.04. The van der Waals surface area contributed by atoms with Crippen molar-refractivity contribution < 1.29 is 9.53 Å². The van der Waals surface area contributed by atoms with Crippen molar-refractivity contribution in [2.24, 2.45) is 0 Å². The standard InChI is InChI=1S/C19H18BrN3O2S/c1-11-16(18(24)22-12-6-5-7-13(10-12)25-2)17(23-19(26)21-11)14-8-3-4-9-15(14)20/h3-10,17H,1-2H3,(H,22,24)(H2,21,23,26). The van der Waals surface area contributed by atoms with Crippen LogP contribution in [-0.2, 0) is 4.79 Å². The highest BCUT2D eigenvalue weighted by atomic mass is 79.9. The second-order valence-electron chi connectivity index (χ2n) is 5.78. The maximum atomic E-state index is 13.0. The number of thiocarbonyl (C=S) groups is 1. The van der Waals surface area contributed by atoms with Gasteiger partial charge in [-0.25, -0.2) is 0 Å². The second kappa shape index (κ2) is 7.88. The molecule has 7 heteroatoms. The van der Waals surface area contributed by atoms with Crippen LogP contribution in [0.4, 0.5) is 5.69 Å². The number of nitrogens with one attached hydrogen (secondary N) is 3.